The number of carbonyl (C=O) groups excluding carboxylic acids is 2. The molecule has 0 aliphatic carbocycles. The van der Waals surface area contributed by atoms with Gasteiger partial charge in [0, 0.05) is 19.7 Å². The lowest BCUT2D eigenvalue weighted by Crippen LogP contribution is -2.56. The van der Waals surface area contributed by atoms with Gasteiger partial charge in [-0.3, -0.25) is 4.79 Å². The SMILES string of the molecule is CCCOC1CCCN(C(=O)C(NC(N)=O)C(C)(C)C)CC1. The van der Waals surface area contributed by atoms with Crippen molar-refractivity contribution in [2.24, 2.45) is 11.1 Å². The fourth-order valence-electron chi connectivity index (χ4n) is 2.71. The summed E-state index contributed by atoms with van der Waals surface area (Å²) in [5, 5.41) is 2.60. The minimum Gasteiger partial charge on any atom is -0.378 e. The molecule has 0 spiro atoms. The topological polar surface area (TPSA) is 84.7 Å². The van der Waals surface area contributed by atoms with E-state index in [4.69, 9.17) is 10.5 Å². The molecular weight excluding hydrogens is 282 g/mol. The number of amides is 3. The van der Waals surface area contributed by atoms with Crippen molar-refractivity contribution in [3.63, 3.8) is 0 Å². The lowest BCUT2D eigenvalue weighted by Gasteiger charge is -2.34. The second-order valence-corrected chi connectivity index (χ2v) is 7.06. The highest BCUT2D eigenvalue weighted by molar-refractivity contribution is 5.87. The van der Waals surface area contributed by atoms with Gasteiger partial charge < -0.3 is 20.7 Å². The zero-order chi connectivity index (χ0) is 16.8. The Morgan fingerprint density at radius 1 is 1.32 bits per heavy atom. The van der Waals surface area contributed by atoms with Crippen LogP contribution in [0.5, 0.6) is 0 Å². The van der Waals surface area contributed by atoms with Crippen LogP contribution in [0.2, 0.25) is 0 Å². The molecule has 0 saturated carbocycles. The first-order valence-corrected chi connectivity index (χ1v) is 8.22. The minimum absolute atomic E-state index is 0.0533. The Bertz CT molecular complexity index is 379. The third kappa shape index (κ3) is 5.83. The van der Waals surface area contributed by atoms with E-state index in [2.05, 4.69) is 12.2 Å². The van der Waals surface area contributed by atoms with Gasteiger partial charge in [0.05, 0.1) is 6.10 Å². The number of likely N-dealkylation sites (tertiary alicyclic amines) is 1. The van der Waals surface area contributed by atoms with Gasteiger partial charge in [-0.25, -0.2) is 4.79 Å². The van der Waals surface area contributed by atoms with Crippen LogP contribution in [0.25, 0.3) is 0 Å². The molecule has 6 heteroatoms. The molecule has 6 nitrogen and oxygen atoms in total. The number of rotatable bonds is 5. The summed E-state index contributed by atoms with van der Waals surface area (Å²) in [6, 6.07) is -1.26. The number of hydrogen-bond acceptors (Lipinski definition) is 3. The summed E-state index contributed by atoms with van der Waals surface area (Å²) in [4.78, 5) is 25.8. The van der Waals surface area contributed by atoms with Crippen molar-refractivity contribution in [3.8, 4) is 0 Å². The first kappa shape index (κ1) is 18.7. The number of ether oxygens (including phenoxy) is 1. The largest absolute Gasteiger partial charge is 0.378 e. The van der Waals surface area contributed by atoms with Crippen LogP contribution in [0.4, 0.5) is 4.79 Å². The first-order chi connectivity index (χ1) is 10.3. The molecule has 1 rings (SSSR count). The molecule has 1 aliphatic rings. The van der Waals surface area contributed by atoms with Crippen molar-refractivity contribution >= 4 is 11.9 Å². The van der Waals surface area contributed by atoms with Crippen molar-refractivity contribution in [2.45, 2.75) is 65.5 Å². The molecular formula is C16H31N3O3. The van der Waals surface area contributed by atoms with E-state index in [9.17, 15) is 9.59 Å². The van der Waals surface area contributed by atoms with Crippen molar-refractivity contribution in [2.75, 3.05) is 19.7 Å². The Labute approximate surface area is 133 Å². The highest BCUT2D eigenvalue weighted by Gasteiger charge is 2.35. The van der Waals surface area contributed by atoms with Crippen molar-refractivity contribution in [1.82, 2.24) is 10.2 Å². The van der Waals surface area contributed by atoms with E-state index in [-0.39, 0.29) is 17.4 Å². The van der Waals surface area contributed by atoms with Crippen LogP contribution in [0.15, 0.2) is 0 Å². The summed E-state index contributed by atoms with van der Waals surface area (Å²) in [5.41, 5.74) is 4.85. The molecule has 1 fully saturated rings. The Kier molecular flexibility index (Phi) is 7.13. The van der Waals surface area contributed by atoms with E-state index >= 15 is 0 Å². The van der Waals surface area contributed by atoms with Gasteiger partial charge in [-0.15, -0.1) is 0 Å². The summed E-state index contributed by atoms with van der Waals surface area (Å²) in [5.74, 6) is -0.0533. The summed E-state index contributed by atoms with van der Waals surface area (Å²) in [6.07, 6.45) is 3.99. The highest BCUT2D eigenvalue weighted by Crippen LogP contribution is 2.23. The van der Waals surface area contributed by atoms with Gasteiger partial charge in [0.25, 0.3) is 0 Å². The van der Waals surface area contributed by atoms with Gasteiger partial charge in [0.1, 0.15) is 6.04 Å². The lowest BCUT2D eigenvalue weighted by molar-refractivity contribution is -0.135. The van der Waals surface area contributed by atoms with Crippen LogP contribution in [0.1, 0.15) is 53.4 Å². The van der Waals surface area contributed by atoms with E-state index in [0.717, 1.165) is 32.3 Å². The van der Waals surface area contributed by atoms with Crippen LogP contribution < -0.4 is 11.1 Å². The lowest BCUT2D eigenvalue weighted by atomic mass is 9.85. The molecule has 128 valence electrons. The second kappa shape index (κ2) is 8.36. The average molecular weight is 313 g/mol. The number of hydrogen-bond donors (Lipinski definition) is 2. The summed E-state index contributed by atoms with van der Waals surface area (Å²) >= 11 is 0. The number of nitrogens with zero attached hydrogens (tertiary/aromatic N) is 1. The third-order valence-corrected chi connectivity index (χ3v) is 3.94. The predicted molar refractivity (Wildman–Crippen MR) is 86.4 cm³/mol. The molecule has 0 aromatic carbocycles. The molecule has 0 bridgehead atoms. The average Bonchev–Trinajstić information content (AvgIpc) is 2.66. The van der Waals surface area contributed by atoms with Crippen LogP contribution >= 0.6 is 0 Å². The Morgan fingerprint density at radius 3 is 2.55 bits per heavy atom. The van der Waals surface area contributed by atoms with E-state index in [1.807, 2.05) is 25.7 Å². The van der Waals surface area contributed by atoms with Crippen LogP contribution in [-0.4, -0.2) is 48.7 Å². The molecule has 3 N–H and O–H groups in total. The van der Waals surface area contributed by atoms with Gasteiger partial charge >= 0.3 is 6.03 Å². The third-order valence-electron chi connectivity index (χ3n) is 3.94. The van der Waals surface area contributed by atoms with E-state index in [0.29, 0.717) is 13.1 Å². The predicted octanol–water partition coefficient (Wildman–Crippen LogP) is 1.88. The summed E-state index contributed by atoms with van der Waals surface area (Å²) in [7, 11) is 0. The van der Waals surface area contributed by atoms with Crippen LogP contribution in [0.3, 0.4) is 0 Å². The quantitative estimate of drug-likeness (QED) is 0.812. The number of primary amides is 1. The Balaban J connectivity index is 2.68. The number of urea groups is 1. The second-order valence-electron chi connectivity index (χ2n) is 7.06. The number of nitrogens with two attached hydrogens (primary N) is 1. The first-order valence-electron chi connectivity index (χ1n) is 8.22. The Hall–Kier alpha value is -1.30. The Morgan fingerprint density at radius 2 is 2.00 bits per heavy atom. The summed E-state index contributed by atoms with van der Waals surface area (Å²) in [6.45, 7) is 10.0. The van der Waals surface area contributed by atoms with Crippen LogP contribution in [0, 0.1) is 5.41 Å². The fraction of sp³-hybridized carbons (Fsp3) is 0.875. The number of nitrogens with one attached hydrogen (secondary N) is 1. The van der Waals surface area contributed by atoms with E-state index in [1.54, 1.807) is 0 Å². The van der Waals surface area contributed by atoms with Gasteiger partial charge in [0.2, 0.25) is 5.91 Å². The minimum atomic E-state index is -0.660. The molecule has 1 saturated heterocycles. The van der Waals surface area contributed by atoms with E-state index < -0.39 is 12.1 Å². The maximum Gasteiger partial charge on any atom is 0.312 e. The fourth-order valence-corrected chi connectivity index (χ4v) is 2.71. The number of carbonyl (C=O) groups is 2. The van der Waals surface area contributed by atoms with E-state index in [1.165, 1.54) is 0 Å². The van der Waals surface area contributed by atoms with Gasteiger partial charge in [-0.2, -0.15) is 0 Å². The zero-order valence-corrected chi connectivity index (χ0v) is 14.4. The van der Waals surface area contributed by atoms with Crippen molar-refractivity contribution < 1.29 is 14.3 Å². The van der Waals surface area contributed by atoms with Gasteiger partial charge in [-0.05, 0) is 31.1 Å². The molecule has 3 amide bonds. The smallest absolute Gasteiger partial charge is 0.312 e. The molecule has 0 aromatic heterocycles. The molecule has 1 heterocycles. The van der Waals surface area contributed by atoms with Crippen molar-refractivity contribution in [1.29, 1.82) is 0 Å². The zero-order valence-electron chi connectivity index (χ0n) is 14.4. The van der Waals surface area contributed by atoms with Gasteiger partial charge in [0.15, 0.2) is 0 Å². The molecule has 22 heavy (non-hydrogen) atoms. The maximum atomic E-state index is 12.8. The summed E-state index contributed by atoms with van der Waals surface area (Å²) < 4.78 is 5.80. The normalized spacial score (nSPS) is 21.1. The maximum absolute atomic E-state index is 12.8. The molecule has 1 aliphatic heterocycles. The molecule has 0 aromatic rings. The van der Waals surface area contributed by atoms with Crippen molar-refractivity contribution in [3.05, 3.63) is 0 Å². The molecule has 0 radical (unpaired) electrons. The molecule has 2 atom stereocenters. The van der Waals surface area contributed by atoms with Crippen LogP contribution in [-0.2, 0) is 9.53 Å². The highest BCUT2D eigenvalue weighted by atomic mass is 16.5. The van der Waals surface area contributed by atoms with Gasteiger partial charge in [-0.1, -0.05) is 27.7 Å². The monoisotopic (exact) mass is 313 g/mol. The standard InChI is InChI=1S/C16H31N3O3/c1-5-11-22-12-7-6-9-19(10-8-12)14(20)13(16(2,3)4)18-15(17)21/h12-13H,5-11H2,1-4H3,(H3,17,18,21). The molecule has 2 unspecified atom stereocenters.